The molecule has 1 fully saturated rings. The van der Waals surface area contributed by atoms with Crippen LogP contribution in [0.4, 0.5) is 5.82 Å². The lowest BCUT2D eigenvalue weighted by Gasteiger charge is -2.37. The minimum Gasteiger partial charge on any atom is -0.354 e. The minimum atomic E-state index is -0.709. The Labute approximate surface area is 242 Å². The Bertz CT molecular complexity index is 797. The molecule has 1 aliphatic heterocycles. The third-order valence-electron chi connectivity index (χ3n) is 7.93. The Kier molecular flexibility index (Phi) is 18.0. The lowest BCUT2D eigenvalue weighted by molar-refractivity contribution is -0.757. The molecular weight excluding hydrogens is 506 g/mol. The Hall–Kier alpha value is -2.42. The van der Waals surface area contributed by atoms with Crippen molar-refractivity contribution < 1.29 is 14.7 Å². The maximum Gasteiger partial charge on any atom is 0.294 e. The van der Waals surface area contributed by atoms with E-state index in [1.807, 2.05) is 12.1 Å². The van der Waals surface area contributed by atoms with E-state index in [0.29, 0.717) is 11.6 Å². The van der Waals surface area contributed by atoms with E-state index >= 15 is 0 Å². The lowest BCUT2D eigenvalue weighted by atomic mass is 10.0. The lowest BCUT2D eigenvalue weighted by Crippen LogP contribution is -2.49. The van der Waals surface area contributed by atoms with Gasteiger partial charge >= 0.3 is 0 Å². The molecule has 2 heterocycles. The van der Waals surface area contributed by atoms with Crippen molar-refractivity contribution in [1.29, 1.82) is 0 Å². The number of carbonyl (C=O) groups is 1. The third-order valence-corrected chi connectivity index (χ3v) is 7.93. The van der Waals surface area contributed by atoms with Crippen molar-refractivity contribution in [3.63, 3.8) is 0 Å². The van der Waals surface area contributed by atoms with Gasteiger partial charge in [0.2, 0.25) is 0 Å². The Balaban J connectivity index is 1.35. The summed E-state index contributed by atoms with van der Waals surface area (Å²) in [5.74, 6) is 0.938. The number of rotatable bonds is 23. The second kappa shape index (κ2) is 21.3. The predicted molar refractivity (Wildman–Crippen MR) is 162 cm³/mol. The number of piperazine rings is 1. The highest BCUT2D eigenvalue weighted by Gasteiger charge is 2.19. The van der Waals surface area contributed by atoms with Crippen LogP contribution in [0.2, 0.25) is 0 Å². The molecule has 40 heavy (non-hydrogen) atoms. The van der Waals surface area contributed by atoms with E-state index < -0.39 is 5.09 Å². The Morgan fingerprint density at radius 2 is 1.35 bits per heavy atom. The van der Waals surface area contributed by atoms with Crippen LogP contribution in [0.15, 0.2) is 18.3 Å². The summed E-state index contributed by atoms with van der Waals surface area (Å²) in [5, 5.41) is 12.4. The van der Waals surface area contributed by atoms with Gasteiger partial charge < -0.3 is 15.1 Å². The minimum absolute atomic E-state index is 0.0241. The molecule has 0 unspecified atom stereocenters. The van der Waals surface area contributed by atoms with Crippen molar-refractivity contribution in [2.75, 3.05) is 44.2 Å². The first kappa shape index (κ1) is 33.8. The van der Waals surface area contributed by atoms with Gasteiger partial charge in [0.25, 0.3) is 11.0 Å². The third kappa shape index (κ3) is 15.4. The summed E-state index contributed by atoms with van der Waals surface area (Å²) in [5.41, 5.74) is 0.641. The van der Waals surface area contributed by atoms with Crippen molar-refractivity contribution in [2.45, 2.75) is 123 Å². The van der Waals surface area contributed by atoms with Gasteiger partial charge in [-0.3, -0.25) is 9.69 Å². The number of pyridine rings is 1. The molecule has 0 saturated carbocycles. The zero-order valence-electron chi connectivity index (χ0n) is 25.3. The predicted octanol–water partition coefficient (Wildman–Crippen LogP) is 6.79. The molecule has 9 heteroatoms. The fourth-order valence-electron chi connectivity index (χ4n) is 5.32. The van der Waals surface area contributed by atoms with Crippen molar-refractivity contribution >= 4 is 11.7 Å². The highest BCUT2D eigenvalue weighted by Crippen LogP contribution is 2.16. The van der Waals surface area contributed by atoms with Gasteiger partial charge in [0.1, 0.15) is 5.82 Å². The Morgan fingerprint density at radius 1 is 0.850 bits per heavy atom. The van der Waals surface area contributed by atoms with Crippen molar-refractivity contribution in [2.24, 2.45) is 0 Å². The fourth-order valence-corrected chi connectivity index (χ4v) is 5.32. The van der Waals surface area contributed by atoms with Gasteiger partial charge in [0.05, 0.1) is 12.2 Å². The highest BCUT2D eigenvalue weighted by molar-refractivity contribution is 5.94. The van der Waals surface area contributed by atoms with E-state index in [1.165, 1.54) is 77.0 Å². The first-order chi connectivity index (χ1) is 19.5. The van der Waals surface area contributed by atoms with E-state index in [2.05, 4.69) is 38.8 Å². The number of hydrogen-bond donors (Lipinski definition) is 1. The van der Waals surface area contributed by atoms with Crippen LogP contribution in [0.25, 0.3) is 0 Å². The van der Waals surface area contributed by atoms with Crippen LogP contribution in [0.1, 0.15) is 127 Å². The van der Waals surface area contributed by atoms with Crippen molar-refractivity contribution in [3.8, 4) is 0 Å². The molecule has 0 bridgehead atoms. The smallest absolute Gasteiger partial charge is 0.294 e. The van der Waals surface area contributed by atoms with E-state index in [0.717, 1.165) is 64.2 Å². The second-order valence-corrected chi connectivity index (χ2v) is 11.5. The zero-order chi connectivity index (χ0) is 28.8. The van der Waals surface area contributed by atoms with E-state index in [-0.39, 0.29) is 12.5 Å². The average Bonchev–Trinajstić information content (AvgIpc) is 2.96. The number of anilines is 1. The maximum atomic E-state index is 12.5. The normalized spacial score (nSPS) is 14.0. The SMILES string of the molecule is CC(C)N1CCN(c2ccc(C(=O)NCCCCCCCCCCCCCCCCCCO[N+](=O)[O-])cn2)CC1. The molecule has 0 atom stereocenters. The summed E-state index contributed by atoms with van der Waals surface area (Å²) in [6, 6.07) is 4.46. The standard InChI is InChI=1S/C31H55N5O4/c1-28(2)34-22-24-35(25-23-34)30-20-19-29(27-33-30)31(37)32-21-17-15-13-11-9-7-5-3-4-6-8-10-12-14-16-18-26-40-36(38)39/h19-20,27-28H,3-18,21-26H2,1-2H3,(H,32,37). The molecule has 9 nitrogen and oxygen atoms in total. The molecule has 1 aromatic rings. The van der Waals surface area contributed by atoms with Gasteiger partial charge in [-0.05, 0) is 38.8 Å². The fraction of sp³-hybridized carbons (Fsp3) is 0.806. The molecule has 228 valence electrons. The molecule has 1 aromatic heterocycles. The molecular formula is C31H55N5O4. The largest absolute Gasteiger partial charge is 0.354 e. The van der Waals surface area contributed by atoms with Crippen LogP contribution in [0, 0.1) is 10.1 Å². The molecule has 0 aromatic carbocycles. The number of hydrogen-bond acceptors (Lipinski definition) is 7. The van der Waals surface area contributed by atoms with Crippen LogP contribution in [-0.2, 0) is 4.84 Å². The Morgan fingerprint density at radius 3 is 1.80 bits per heavy atom. The molecule has 1 amide bonds. The molecule has 1 N–H and O–H groups in total. The van der Waals surface area contributed by atoms with Gasteiger partial charge in [-0.15, -0.1) is 10.1 Å². The first-order valence-electron chi connectivity index (χ1n) is 16.0. The molecule has 1 aliphatic rings. The number of unbranched alkanes of at least 4 members (excludes halogenated alkanes) is 15. The summed E-state index contributed by atoms with van der Waals surface area (Å²) in [4.78, 5) is 36.2. The summed E-state index contributed by atoms with van der Waals surface area (Å²) in [6.07, 6.45) is 21.2. The van der Waals surface area contributed by atoms with Crippen LogP contribution >= 0.6 is 0 Å². The molecule has 2 rings (SSSR count). The number of nitrogens with zero attached hydrogens (tertiary/aromatic N) is 4. The summed E-state index contributed by atoms with van der Waals surface area (Å²) >= 11 is 0. The number of nitrogens with one attached hydrogen (secondary N) is 1. The van der Waals surface area contributed by atoms with Gasteiger partial charge in [-0.2, -0.15) is 0 Å². The van der Waals surface area contributed by atoms with Gasteiger partial charge in [-0.25, -0.2) is 4.98 Å². The highest BCUT2D eigenvalue weighted by atomic mass is 16.9. The van der Waals surface area contributed by atoms with Gasteiger partial charge in [0.15, 0.2) is 0 Å². The molecule has 0 spiro atoms. The van der Waals surface area contributed by atoms with Gasteiger partial charge in [0, 0.05) is 45.0 Å². The van der Waals surface area contributed by atoms with E-state index in [4.69, 9.17) is 0 Å². The zero-order valence-corrected chi connectivity index (χ0v) is 25.3. The molecule has 1 saturated heterocycles. The monoisotopic (exact) mass is 561 g/mol. The second-order valence-electron chi connectivity index (χ2n) is 11.5. The van der Waals surface area contributed by atoms with E-state index in [1.54, 1.807) is 6.20 Å². The van der Waals surface area contributed by atoms with Crippen molar-refractivity contribution in [3.05, 3.63) is 34.0 Å². The van der Waals surface area contributed by atoms with Crippen LogP contribution in [0.3, 0.4) is 0 Å². The van der Waals surface area contributed by atoms with Crippen molar-refractivity contribution in [1.82, 2.24) is 15.2 Å². The molecule has 0 aliphatic carbocycles. The summed E-state index contributed by atoms with van der Waals surface area (Å²) < 4.78 is 0. The van der Waals surface area contributed by atoms with Crippen LogP contribution < -0.4 is 10.2 Å². The quantitative estimate of drug-likeness (QED) is 0.0891. The van der Waals surface area contributed by atoms with Crippen LogP contribution in [0.5, 0.6) is 0 Å². The maximum absolute atomic E-state index is 12.5. The summed E-state index contributed by atoms with van der Waals surface area (Å²) in [6.45, 7) is 9.52. The molecule has 0 radical (unpaired) electrons. The topological polar surface area (TPSA) is 101 Å². The summed E-state index contributed by atoms with van der Waals surface area (Å²) in [7, 11) is 0. The van der Waals surface area contributed by atoms with Crippen LogP contribution in [-0.4, -0.2) is 66.3 Å². The number of carbonyl (C=O) groups excluding carboxylic acids is 1. The number of aromatic nitrogens is 1. The first-order valence-corrected chi connectivity index (χ1v) is 16.0. The number of amides is 1. The van der Waals surface area contributed by atoms with E-state index in [9.17, 15) is 14.9 Å². The van der Waals surface area contributed by atoms with Gasteiger partial charge in [-0.1, -0.05) is 89.9 Å². The average molecular weight is 562 g/mol.